The normalized spacial score (nSPS) is 10.0. The third kappa shape index (κ3) is 2.82. The van der Waals surface area contributed by atoms with Gasteiger partial charge in [0.1, 0.15) is 5.75 Å². The average Bonchev–Trinajstić information content (AvgIpc) is 2.18. The number of anilines is 1. The van der Waals surface area contributed by atoms with Gasteiger partial charge >= 0.3 is 0 Å². The van der Waals surface area contributed by atoms with Crippen LogP contribution in [0.2, 0.25) is 0 Å². The number of ether oxygens (including phenoxy) is 1. The Labute approximate surface area is 98.8 Å². The second-order valence-corrected chi connectivity index (χ2v) is 4.27. The average molecular weight is 276 g/mol. The molecule has 1 aromatic carbocycles. The standard InChI is InChI=1S/C10H14BrNOS/c1-12(5-6-14)8-3-4-10(13-2)9(11)7-8/h3-4,7,14H,5-6H2,1-2H3. The highest BCUT2D eigenvalue weighted by molar-refractivity contribution is 9.10. The third-order valence-corrected chi connectivity index (χ3v) is 2.83. The van der Waals surface area contributed by atoms with Crippen molar-refractivity contribution in [3.8, 4) is 5.75 Å². The van der Waals surface area contributed by atoms with Crippen LogP contribution in [0.25, 0.3) is 0 Å². The Morgan fingerprint density at radius 2 is 2.21 bits per heavy atom. The first-order chi connectivity index (χ1) is 6.69. The van der Waals surface area contributed by atoms with E-state index >= 15 is 0 Å². The van der Waals surface area contributed by atoms with Gasteiger partial charge in [-0.1, -0.05) is 0 Å². The van der Waals surface area contributed by atoms with Crippen molar-refractivity contribution in [3.63, 3.8) is 0 Å². The van der Waals surface area contributed by atoms with Crippen LogP contribution < -0.4 is 9.64 Å². The zero-order valence-corrected chi connectivity index (χ0v) is 10.8. The van der Waals surface area contributed by atoms with Crippen LogP contribution in [0, 0.1) is 0 Å². The van der Waals surface area contributed by atoms with Crippen molar-refractivity contribution in [1.82, 2.24) is 0 Å². The van der Waals surface area contributed by atoms with Crippen molar-refractivity contribution >= 4 is 34.2 Å². The molecule has 0 saturated heterocycles. The molecule has 0 bridgehead atoms. The monoisotopic (exact) mass is 275 g/mol. The minimum Gasteiger partial charge on any atom is -0.496 e. The molecule has 0 saturated carbocycles. The van der Waals surface area contributed by atoms with E-state index in [1.54, 1.807) is 7.11 Å². The first kappa shape index (κ1) is 11.7. The van der Waals surface area contributed by atoms with Crippen molar-refractivity contribution in [3.05, 3.63) is 22.7 Å². The maximum absolute atomic E-state index is 5.16. The molecule has 0 amide bonds. The smallest absolute Gasteiger partial charge is 0.133 e. The minimum atomic E-state index is 0.847. The first-order valence-corrected chi connectivity index (χ1v) is 5.77. The summed E-state index contributed by atoms with van der Waals surface area (Å²) in [6.07, 6.45) is 0. The van der Waals surface area contributed by atoms with E-state index in [1.165, 1.54) is 0 Å². The van der Waals surface area contributed by atoms with Crippen LogP contribution in [0.5, 0.6) is 5.75 Å². The fourth-order valence-corrected chi connectivity index (χ4v) is 2.00. The van der Waals surface area contributed by atoms with Gasteiger partial charge in [-0.3, -0.25) is 0 Å². The van der Waals surface area contributed by atoms with Gasteiger partial charge < -0.3 is 9.64 Å². The summed E-state index contributed by atoms with van der Waals surface area (Å²) >= 11 is 7.65. The van der Waals surface area contributed by atoms with Crippen molar-refractivity contribution in [2.24, 2.45) is 0 Å². The van der Waals surface area contributed by atoms with E-state index in [0.29, 0.717) is 0 Å². The highest BCUT2D eigenvalue weighted by Crippen LogP contribution is 2.28. The van der Waals surface area contributed by atoms with E-state index in [-0.39, 0.29) is 0 Å². The maximum atomic E-state index is 5.16. The highest BCUT2D eigenvalue weighted by Gasteiger charge is 2.04. The molecule has 0 radical (unpaired) electrons. The van der Waals surface area contributed by atoms with Crippen LogP contribution in [0.15, 0.2) is 22.7 Å². The molecule has 1 rings (SSSR count). The second-order valence-electron chi connectivity index (χ2n) is 2.96. The molecule has 0 N–H and O–H groups in total. The lowest BCUT2D eigenvalue weighted by molar-refractivity contribution is 0.412. The Balaban J connectivity index is 2.85. The van der Waals surface area contributed by atoms with E-state index in [1.807, 2.05) is 25.2 Å². The molecular weight excluding hydrogens is 262 g/mol. The summed E-state index contributed by atoms with van der Waals surface area (Å²) in [6, 6.07) is 6.03. The predicted octanol–water partition coefficient (Wildman–Crippen LogP) is 2.82. The number of hydrogen-bond acceptors (Lipinski definition) is 3. The summed E-state index contributed by atoms with van der Waals surface area (Å²) in [5.74, 6) is 1.70. The SMILES string of the molecule is COc1ccc(N(C)CCS)cc1Br. The molecule has 2 nitrogen and oxygen atoms in total. The van der Waals surface area contributed by atoms with Crippen LogP contribution in [0.3, 0.4) is 0 Å². The van der Waals surface area contributed by atoms with Crippen molar-refractivity contribution in [1.29, 1.82) is 0 Å². The first-order valence-electron chi connectivity index (χ1n) is 4.34. The van der Waals surface area contributed by atoms with E-state index < -0.39 is 0 Å². The Morgan fingerprint density at radius 3 is 2.71 bits per heavy atom. The van der Waals surface area contributed by atoms with Crippen molar-refractivity contribution in [2.75, 3.05) is 31.4 Å². The highest BCUT2D eigenvalue weighted by atomic mass is 79.9. The number of hydrogen-bond donors (Lipinski definition) is 1. The summed E-state index contributed by atoms with van der Waals surface area (Å²) in [5, 5.41) is 0. The fourth-order valence-electron chi connectivity index (χ4n) is 1.17. The molecule has 78 valence electrons. The number of nitrogens with zero attached hydrogens (tertiary/aromatic N) is 1. The number of thiol groups is 1. The Bertz CT molecular complexity index is 306. The van der Waals surface area contributed by atoms with Crippen molar-refractivity contribution < 1.29 is 4.74 Å². The van der Waals surface area contributed by atoms with Crippen molar-refractivity contribution in [2.45, 2.75) is 0 Å². The maximum Gasteiger partial charge on any atom is 0.133 e. The summed E-state index contributed by atoms with van der Waals surface area (Å²) in [6.45, 7) is 0.932. The molecule has 14 heavy (non-hydrogen) atoms. The Kier molecular flexibility index (Phi) is 4.62. The molecule has 0 heterocycles. The van der Waals surface area contributed by atoms with Gasteiger partial charge in [0.15, 0.2) is 0 Å². The molecule has 0 unspecified atom stereocenters. The van der Waals surface area contributed by atoms with Crippen LogP contribution in [0.4, 0.5) is 5.69 Å². The van der Waals surface area contributed by atoms with Gasteiger partial charge in [0.25, 0.3) is 0 Å². The summed E-state index contributed by atoms with van der Waals surface area (Å²) < 4.78 is 6.13. The van der Waals surface area contributed by atoms with Crippen LogP contribution in [-0.2, 0) is 0 Å². The topological polar surface area (TPSA) is 12.5 Å². The molecule has 0 aromatic heterocycles. The lowest BCUT2D eigenvalue weighted by Crippen LogP contribution is -2.19. The second kappa shape index (κ2) is 5.51. The number of methoxy groups -OCH3 is 1. The zero-order chi connectivity index (χ0) is 10.6. The minimum absolute atomic E-state index is 0.847. The van der Waals surface area contributed by atoms with Gasteiger partial charge in [0, 0.05) is 25.0 Å². The summed E-state index contributed by atoms with van der Waals surface area (Å²) in [4.78, 5) is 2.15. The fraction of sp³-hybridized carbons (Fsp3) is 0.400. The van der Waals surface area contributed by atoms with Gasteiger partial charge in [-0.2, -0.15) is 12.6 Å². The van der Waals surface area contributed by atoms with Crippen LogP contribution in [0.1, 0.15) is 0 Å². The lowest BCUT2D eigenvalue weighted by atomic mass is 10.3. The lowest BCUT2D eigenvalue weighted by Gasteiger charge is -2.18. The van der Waals surface area contributed by atoms with Gasteiger partial charge in [0.2, 0.25) is 0 Å². The number of halogens is 1. The molecule has 0 spiro atoms. The summed E-state index contributed by atoms with van der Waals surface area (Å²) in [5.41, 5.74) is 1.16. The third-order valence-electron chi connectivity index (χ3n) is 2.01. The summed E-state index contributed by atoms with van der Waals surface area (Å²) in [7, 11) is 3.71. The van der Waals surface area contributed by atoms with Crippen LogP contribution >= 0.6 is 28.6 Å². The predicted molar refractivity (Wildman–Crippen MR) is 67.8 cm³/mol. The largest absolute Gasteiger partial charge is 0.496 e. The van der Waals surface area contributed by atoms with Crippen LogP contribution in [-0.4, -0.2) is 26.5 Å². The molecular formula is C10H14BrNOS. The van der Waals surface area contributed by atoms with Gasteiger partial charge in [0.05, 0.1) is 11.6 Å². The molecule has 0 fully saturated rings. The number of benzene rings is 1. The molecule has 1 aromatic rings. The van der Waals surface area contributed by atoms with Gasteiger partial charge in [-0.05, 0) is 34.1 Å². The van der Waals surface area contributed by atoms with E-state index in [9.17, 15) is 0 Å². The molecule has 0 aliphatic carbocycles. The van der Waals surface area contributed by atoms with E-state index in [0.717, 1.165) is 28.2 Å². The Hall–Kier alpha value is -0.350. The Morgan fingerprint density at radius 1 is 1.50 bits per heavy atom. The molecule has 0 atom stereocenters. The molecule has 0 aliphatic rings. The van der Waals surface area contributed by atoms with Gasteiger partial charge in [-0.25, -0.2) is 0 Å². The molecule has 0 aliphatic heterocycles. The van der Waals surface area contributed by atoms with E-state index in [4.69, 9.17) is 4.74 Å². The quantitative estimate of drug-likeness (QED) is 0.849. The van der Waals surface area contributed by atoms with E-state index in [2.05, 4.69) is 33.5 Å². The van der Waals surface area contributed by atoms with Gasteiger partial charge in [-0.15, -0.1) is 0 Å². The number of rotatable bonds is 4. The zero-order valence-electron chi connectivity index (χ0n) is 8.33. The molecule has 4 heteroatoms.